The van der Waals surface area contributed by atoms with Gasteiger partial charge in [0.05, 0.1) is 4.90 Å². The molecule has 0 saturated carbocycles. The van der Waals surface area contributed by atoms with Gasteiger partial charge in [0.15, 0.2) is 0 Å². The molecule has 0 aliphatic carbocycles. The van der Waals surface area contributed by atoms with Gasteiger partial charge >= 0.3 is 0 Å². The van der Waals surface area contributed by atoms with Crippen molar-refractivity contribution in [3.8, 4) is 0 Å². The molecule has 0 bridgehead atoms. The lowest BCUT2D eigenvalue weighted by atomic mass is 10.1. The second kappa shape index (κ2) is 6.57. The second-order valence-electron chi connectivity index (χ2n) is 4.81. The summed E-state index contributed by atoms with van der Waals surface area (Å²) in [5.41, 5.74) is 4.58. The molecule has 0 aliphatic rings. The molecule has 1 heterocycles. The number of hydrazine groups is 1. The molecule has 1 aromatic carbocycles. The fourth-order valence-electron chi connectivity index (χ4n) is 2.29. The Balaban J connectivity index is 2.15. The van der Waals surface area contributed by atoms with Crippen LogP contribution in [0, 0.1) is 13.8 Å². The summed E-state index contributed by atoms with van der Waals surface area (Å²) in [5.74, 6) is 5.37. The van der Waals surface area contributed by atoms with Gasteiger partial charge < -0.3 is 5.43 Å². The molecule has 0 saturated heterocycles. The average Bonchev–Trinajstić information content (AvgIpc) is 2.90. The van der Waals surface area contributed by atoms with Crippen LogP contribution in [-0.2, 0) is 16.4 Å². The summed E-state index contributed by atoms with van der Waals surface area (Å²) in [6, 6.07) is 7.40. The van der Waals surface area contributed by atoms with Gasteiger partial charge in [0.1, 0.15) is 0 Å². The van der Waals surface area contributed by atoms with E-state index in [1.165, 1.54) is 0 Å². The maximum atomic E-state index is 12.4. The molecule has 0 aliphatic heterocycles. The molecule has 0 spiro atoms. The van der Waals surface area contributed by atoms with E-state index < -0.39 is 10.0 Å². The van der Waals surface area contributed by atoms with Gasteiger partial charge in [-0.25, -0.2) is 13.1 Å². The molecule has 4 N–H and O–H groups in total. The van der Waals surface area contributed by atoms with E-state index in [4.69, 9.17) is 5.84 Å². The van der Waals surface area contributed by atoms with E-state index in [1.54, 1.807) is 37.3 Å². The van der Waals surface area contributed by atoms with Crippen molar-refractivity contribution >= 4 is 27.0 Å². The number of benzene rings is 1. The van der Waals surface area contributed by atoms with Gasteiger partial charge in [-0.3, -0.25) is 5.84 Å². The largest absolute Gasteiger partial charge is 0.324 e. The molecule has 114 valence electrons. The summed E-state index contributed by atoms with van der Waals surface area (Å²) < 4.78 is 27.5. The zero-order valence-corrected chi connectivity index (χ0v) is 13.6. The molecule has 0 fully saturated rings. The third kappa shape index (κ3) is 3.82. The first kappa shape index (κ1) is 16.0. The van der Waals surface area contributed by atoms with Crippen molar-refractivity contribution in [1.82, 2.24) is 4.72 Å². The molecule has 0 radical (unpaired) electrons. The molecular weight excluding hydrogens is 306 g/mol. The van der Waals surface area contributed by atoms with Crippen molar-refractivity contribution in [3.63, 3.8) is 0 Å². The normalized spacial score (nSPS) is 11.6. The second-order valence-corrected chi connectivity index (χ2v) is 7.55. The maximum Gasteiger partial charge on any atom is 0.241 e. The summed E-state index contributed by atoms with van der Waals surface area (Å²) in [6.07, 6.45) is 0.692. The van der Waals surface area contributed by atoms with Gasteiger partial charge in [-0.2, -0.15) is 0 Å². The average molecular weight is 325 g/mol. The number of nitrogen functional groups attached to an aromatic ring is 1. The predicted octanol–water partition coefficient (Wildman–Crippen LogP) is 2.17. The molecule has 21 heavy (non-hydrogen) atoms. The maximum absolute atomic E-state index is 12.4. The quantitative estimate of drug-likeness (QED) is 0.561. The Hall–Kier alpha value is -1.41. The lowest BCUT2D eigenvalue weighted by Crippen LogP contribution is -2.27. The topological polar surface area (TPSA) is 84.2 Å². The lowest BCUT2D eigenvalue weighted by molar-refractivity contribution is 0.580. The molecular formula is C14H19N3O2S2. The van der Waals surface area contributed by atoms with Crippen molar-refractivity contribution in [2.75, 3.05) is 12.0 Å². The Bertz CT molecular complexity index is 687. The van der Waals surface area contributed by atoms with Crippen LogP contribution in [0.3, 0.4) is 0 Å². The smallest absolute Gasteiger partial charge is 0.241 e. The Labute approximate surface area is 129 Å². The van der Waals surface area contributed by atoms with E-state index in [9.17, 15) is 8.42 Å². The van der Waals surface area contributed by atoms with Crippen molar-refractivity contribution in [3.05, 3.63) is 45.6 Å². The highest BCUT2D eigenvalue weighted by Gasteiger charge is 2.19. The number of hydrogen-bond acceptors (Lipinski definition) is 5. The molecule has 2 aromatic rings. The monoisotopic (exact) mass is 325 g/mol. The fourth-order valence-corrected chi connectivity index (χ4v) is 4.48. The first-order chi connectivity index (χ1) is 9.94. The molecule has 0 amide bonds. The minimum absolute atomic E-state index is 0.327. The first-order valence-corrected chi connectivity index (χ1v) is 8.90. The van der Waals surface area contributed by atoms with E-state index in [0.717, 1.165) is 4.88 Å². The van der Waals surface area contributed by atoms with Gasteiger partial charge in [-0.1, -0.05) is 6.07 Å². The third-order valence-electron chi connectivity index (χ3n) is 3.14. The zero-order valence-electron chi connectivity index (χ0n) is 12.0. The van der Waals surface area contributed by atoms with Gasteiger partial charge in [0, 0.05) is 17.1 Å². The van der Waals surface area contributed by atoms with E-state index >= 15 is 0 Å². The number of sulfonamides is 1. The molecule has 0 unspecified atom stereocenters. The number of nitrogens with two attached hydrogens (primary N) is 1. The number of hydrogen-bond donors (Lipinski definition) is 3. The Morgan fingerprint density at radius 2 is 1.90 bits per heavy atom. The number of anilines is 1. The highest BCUT2D eigenvalue weighted by molar-refractivity contribution is 7.89. The third-order valence-corrected chi connectivity index (χ3v) is 5.84. The SMILES string of the molecule is Cc1cc(NN)cc(C)c1S(=O)(=O)NCCc1cccs1. The minimum Gasteiger partial charge on any atom is -0.324 e. The summed E-state index contributed by atoms with van der Waals surface area (Å²) in [6.45, 7) is 3.92. The predicted molar refractivity (Wildman–Crippen MR) is 86.9 cm³/mol. The molecule has 2 rings (SSSR count). The van der Waals surface area contributed by atoms with Gasteiger partial charge in [0.2, 0.25) is 10.0 Å². The highest BCUT2D eigenvalue weighted by atomic mass is 32.2. The summed E-state index contributed by atoms with van der Waals surface area (Å²) in [4.78, 5) is 1.49. The van der Waals surface area contributed by atoms with E-state index in [2.05, 4.69) is 10.1 Å². The van der Waals surface area contributed by atoms with Crippen LogP contribution in [0.5, 0.6) is 0 Å². The Kier molecular flexibility index (Phi) is 5.00. The van der Waals surface area contributed by atoms with Crippen LogP contribution in [0.15, 0.2) is 34.5 Å². The van der Waals surface area contributed by atoms with Crippen molar-refractivity contribution < 1.29 is 8.42 Å². The Morgan fingerprint density at radius 3 is 2.43 bits per heavy atom. The van der Waals surface area contributed by atoms with Crippen LogP contribution in [0.2, 0.25) is 0 Å². The van der Waals surface area contributed by atoms with E-state index in [0.29, 0.717) is 34.7 Å². The van der Waals surface area contributed by atoms with E-state index in [-0.39, 0.29) is 0 Å². The number of thiophene rings is 1. The number of nitrogens with one attached hydrogen (secondary N) is 2. The van der Waals surface area contributed by atoms with Crippen LogP contribution >= 0.6 is 11.3 Å². The van der Waals surface area contributed by atoms with Crippen LogP contribution < -0.4 is 16.0 Å². The van der Waals surface area contributed by atoms with Gasteiger partial charge in [-0.15, -0.1) is 11.3 Å². The summed E-state index contributed by atoms with van der Waals surface area (Å²) >= 11 is 1.62. The number of aryl methyl sites for hydroxylation is 2. The molecule has 0 atom stereocenters. The molecule has 7 heteroatoms. The van der Waals surface area contributed by atoms with Crippen LogP contribution in [0.4, 0.5) is 5.69 Å². The molecule has 5 nitrogen and oxygen atoms in total. The zero-order chi connectivity index (χ0) is 15.5. The lowest BCUT2D eigenvalue weighted by Gasteiger charge is -2.13. The van der Waals surface area contributed by atoms with Crippen LogP contribution in [0.1, 0.15) is 16.0 Å². The first-order valence-electron chi connectivity index (χ1n) is 6.54. The fraction of sp³-hybridized carbons (Fsp3) is 0.286. The van der Waals surface area contributed by atoms with Gasteiger partial charge in [-0.05, 0) is 55.0 Å². The van der Waals surface area contributed by atoms with Crippen LogP contribution in [0.25, 0.3) is 0 Å². The van der Waals surface area contributed by atoms with Crippen molar-refractivity contribution in [2.45, 2.75) is 25.2 Å². The molecule has 1 aromatic heterocycles. The minimum atomic E-state index is -3.51. The Morgan fingerprint density at radius 1 is 1.24 bits per heavy atom. The van der Waals surface area contributed by atoms with Crippen molar-refractivity contribution in [2.24, 2.45) is 5.84 Å². The summed E-state index contributed by atoms with van der Waals surface area (Å²) in [7, 11) is -3.51. The standard InChI is InChI=1S/C14H19N3O2S2/c1-10-8-12(17-15)9-11(2)14(10)21(18,19)16-6-5-13-4-3-7-20-13/h3-4,7-9,16-17H,5-6,15H2,1-2H3. The van der Waals surface area contributed by atoms with Crippen LogP contribution in [-0.4, -0.2) is 15.0 Å². The van der Waals surface area contributed by atoms with Gasteiger partial charge in [0.25, 0.3) is 0 Å². The summed E-state index contributed by atoms with van der Waals surface area (Å²) in [5, 5.41) is 1.98. The highest BCUT2D eigenvalue weighted by Crippen LogP contribution is 2.24. The number of rotatable bonds is 6. The van der Waals surface area contributed by atoms with Crippen molar-refractivity contribution in [1.29, 1.82) is 0 Å². The van der Waals surface area contributed by atoms with E-state index in [1.807, 2.05) is 17.5 Å².